The maximum Gasteiger partial charge on any atom is 0.490 e. The number of hydrogen-bond donors (Lipinski definition) is 3. The van der Waals surface area contributed by atoms with Gasteiger partial charge >= 0.3 is 18.1 Å². The van der Waals surface area contributed by atoms with Gasteiger partial charge in [0, 0.05) is 5.92 Å². The summed E-state index contributed by atoms with van der Waals surface area (Å²) in [6.07, 6.45) is 1.14. The molecule has 9 heteroatoms. The number of aliphatic carboxylic acids is 1. The van der Waals surface area contributed by atoms with Gasteiger partial charge in [-0.25, -0.2) is 14.6 Å². The number of benzene rings is 1. The summed E-state index contributed by atoms with van der Waals surface area (Å²) >= 11 is 0. The van der Waals surface area contributed by atoms with E-state index in [0.29, 0.717) is 11.5 Å². The number of imidazole rings is 1. The lowest BCUT2D eigenvalue weighted by Crippen LogP contribution is -2.21. The number of aromatic amines is 1. The van der Waals surface area contributed by atoms with Gasteiger partial charge in [-0.05, 0) is 31.0 Å². The van der Waals surface area contributed by atoms with Gasteiger partial charge < -0.3 is 15.2 Å². The van der Waals surface area contributed by atoms with Crippen molar-refractivity contribution in [2.45, 2.75) is 44.2 Å². The van der Waals surface area contributed by atoms with Crippen LogP contribution in [0.2, 0.25) is 0 Å². The maximum atomic E-state index is 10.9. The second-order valence-electron chi connectivity index (χ2n) is 5.80. The molecule has 1 aromatic carbocycles. The molecule has 25 heavy (non-hydrogen) atoms. The van der Waals surface area contributed by atoms with Gasteiger partial charge in [-0.1, -0.05) is 19.3 Å². The van der Waals surface area contributed by atoms with Crippen LogP contribution in [-0.4, -0.2) is 38.3 Å². The van der Waals surface area contributed by atoms with Crippen molar-refractivity contribution >= 4 is 23.0 Å². The van der Waals surface area contributed by atoms with Gasteiger partial charge in [0.1, 0.15) is 5.82 Å². The third kappa shape index (κ3) is 4.94. The van der Waals surface area contributed by atoms with Crippen molar-refractivity contribution in [2.24, 2.45) is 0 Å². The second kappa shape index (κ2) is 7.54. The Labute approximate surface area is 140 Å². The summed E-state index contributed by atoms with van der Waals surface area (Å²) in [6.45, 7) is 0. The van der Waals surface area contributed by atoms with Gasteiger partial charge in [-0.15, -0.1) is 0 Å². The average molecular weight is 358 g/mol. The van der Waals surface area contributed by atoms with Gasteiger partial charge in [0.05, 0.1) is 16.6 Å². The number of H-pyrrole nitrogens is 1. The molecule has 0 amide bonds. The standard InChI is InChI=1S/C14H16N2O2.C2HF3O2/c17-14(18)10-6-7-11-12(8-10)16-13(15-11)9-4-2-1-3-5-9;3-2(4,5)1(6)7/h6-9H,1-5H2,(H,15,16)(H,17,18);(H,6,7). The maximum absolute atomic E-state index is 10.9. The Kier molecular flexibility index (Phi) is 5.66. The van der Waals surface area contributed by atoms with Crippen molar-refractivity contribution in [3.05, 3.63) is 29.6 Å². The van der Waals surface area contributed by atoms with Crippen molar-refractivity contribution in [1.29, 1.82) is 0 Å². The summed E-state index contributed by atoms with van der Waals surface area (Å²) in [5.74, 6) is -2.12. The van der Waals surface area contributed by atoms with Crippen LogP contribution in [0.15, 0.2) is 18.2 Å². The minimum absolute atomic E-state index is 0.307. The van der Waals surface area contributed by atoms with Crippen molar-refractivity contribution in [1.82, 2.24) is 9.97 Å². The summed E-state index contributed by atoms with van der Waals surface area (Å²) in [6, 6.07) is 5.05. The highest BCUT2D eigenvalue weighted by molar-refractivity contribution is 5.92. The van der Waals surface area contributed by atoms with Crippen LogP contribution < -0.4 is 0 Å². The number of alkyl halides is 3. The Morgan fingerprint density at radius 2 is 1.72 bits per heavy atom. The summed E-state index contributed by atoms with van der Waals surface area (Å²) in [4.78, 5) is 27.7. The third-order valence-corrected chi connectivity index (χ3v) is 3.98. The fourth-order valence-electron chi connectivity index (χ4n) is 2.73. The average Bonchev–Trinajstić information content (AvgIpc) is 2.98. The van der Waals surface area contributed by atoms with Gasteiger partial charge in [0.25, 0.3) is 0 Å². The monoisotopic (exact) mass is 358 g/mol. The Balaban J connectivity index is 0.000000277. The van der Waals surface area contributed by atoms with E-state index in [9.17, 15) is 18.0 Å². The Morgan fingerprint density at radius 1 is 1.12 bits per heavy atom. The number of rotatable bonds is 2. The minimum atomic E-state index is -5.08. The molecular weight excluding hydrogens is 341 g/mol. The number of hydrogen-bond acceptors (Lipinski definition) is 3. The molecule has 2 aromatic rings. The number of carboxylic acid groups (broad SMARTS) is 2. The zero-order valence-electron chi connectivity index (χ0n) is 13.1. The van der Waals surface area contributed by atoms with Gasteiger partial charge in [-0.2, -0.15) is 13.2 Å². The second-order valence-corrected chi connectivity index (χ2v) is 5.80. The van der Waals surface area contributed by atoms with Gasteiger partial charge in [-0.3, -0.25) is 0 Å². The zero-order valence-corrected chi connectivity index (χ0v) is 13.1. The van der Waals surface area contributed by atoms with Crippen LogP contribution in [-0.2, 0) is 4.79 Å². The predicted molar refractivity (Wildman–Crippen MR) is 82.6 cm³/mol. The topological polar surface area (TPSA) is 103 Å². The Bertz CT molecular complexity index is 764. The smallest absolute Gasteiger partial charge is 0.478 e. The van der Waals surface area contributed by atoms with E-state index in [1.807, 2.05) is 0 Å². The molecule has 1 saturated carbocycles. The molecule has 1 aliphatic carbocycles. The molecule has 1 aromatic heterocycles. The molecule has 136 valence electrons. The van der Waals surface area contributed by atoms with E-state index < -0.39 is 18.1 Å². The summed E-state index contributed by atoms with van der Waals surface area (Å²) in [7, 11) is 0. The third-order valence-electron chi connectivity index (χ3n) is 3.98. The molecule has 0 radical (unpaired) electrons. The SMILES string of the molecule is O=C(O)C(F)(F)F.O=C(O)c1ccc2nc(C3CCCCC3)[nH]c2c1. The quantitative estimate of drug-likeness (QED) is 0.754. The first-order valence-corrected chi connectivity index (χ1v) is 7.71. The lowest BCUT2D eigenvalue weighted by Gasteiger charge is -2.18. The lowest BCUT2D eigenvalue weighted by molar-refractivity contribution is -0.192. The minimum Gasteiger partial charge on any atom is -0.478 e. The predicted octanol–water partition coefficient (Wildman–Crippen LogP) is 3.94. The molecule has 0 unspecified atom stereocenters. The molecule has 0 atom stereocenters. The van der Waals surface area contributed by atoms with Crippen molar-refractivity contribution in [3.63, 3.8) is 0 Å². The fraction of sp³-hybridized carbons (Fsp3) is 0.438. The Morgan fingerprint density at radius 3 is 2.24 bits per heavy atom. The number of carboxylic acids is 2. The number of aromatic nitrogens is 2. The van der Waals surface area contributed by atoms with Crippen molar-refractivity contribution < 1.29 is 33.0 Å². The van der Waals surface area contributed by atoms with Crippen LogP contribution in [0.5, 0.6) is 0 Å². The van der Waals surface area contributed by atoms with Crippen LogP contribution in [0.25, 0.3) is 11.0 Å². The van der Waals surface area contributed by atoms with E-state index in [1.165, 1.54) is 32.1 Å². The summed E-state index contributed by atoms with van der Waals surface area (Å²) in [5, 5.41) is 16.1. The largest absolute Gasteiger partial charge is 0.490 e. The van der Waals surface area contributed by atoms with Gasteiger partial charge in [0.15, 0.2) is 0 Å². The highest BCUT2D eigenvalue weighted by Crippen LogP contribution is 2.32. The number of fused-ring (bicyclic) bond motifs is 1. The number of aromatic carboxylic acids is 1. The van der Waals surface area contributed by atoms with E-state index in [1.54, 1.807) is 18.2 Å². The molecular formula is C16H17F3N2O4. The van der Waals surface area contributed by atoms with Crippen LogP contribution in [0.1, 0.15) is 54.2 Å². The highest BCUT2D eigenvalue weighted by Gasteiger charge is 2.38. The molecule has 1 fully saturated rings. The zero-order chi connectivity index (χ0) is 18.6. The molecule has 3 rings (SSSR count). The lowest BCUT2D eigenvalue weighted by atomic mass is 9.89. The van der Waals surface area contributed by atoms with Crippen LogP contribution >= 0.6 is 0 Å². The van der Waals surface area contributed by atoms with Crippen LogP contribution in [0.3, 0.4) is 0 Å². The number of nitrogens with one attached hydrogen (secondary N) is 1. The van der Waals surface area contributed by atoms with E-state index in [4.69, 9.17) is 15.0 Å². The molecule has 3 N–H and O–H groups in total. The van der Waals surface area contributed by atoms with E-state index in [2.05, 4.69) is 9.97 Å². The van der Waals surface area contributed by atoms with E-state index >= 15 is 0 Å². The highest BCUT2D eigenvalue weighted by atomic mass is 19.4. The van der Waals surface area contributed by atoms with Crippen molar-refractivity contribution in [3.8, 4) is 0 Å². The fourth-order valence-corrected chi connectivity index (χ4v) is 2.73. The summed E-state index contributed by atoms with van der Waals surface area (Å²) in [5.41, 5.74) is 2.00. The van der Waals surface area contributed by atoms with Crippen LogP contribution in [0, 0.1) is 0 Å². The molecule has 0 spiro atoms. The first-order chi connectivity index (χ1) is 11.7. The number of carbonyl (C=O) groups is 2. The van der Waals surface area contributed by atoms with E-state index in [0.717, 1.165) is 16.9 Å². The summed E-state index contributed by atoms with van der Waals surface area (Å²) < 4.78 is 31.7. The first-order valence-electron chi connectivity index (χ1n) is 7.71. The Hall–Kier alpha value is -2.58. The molecule has 6 nitrogen and oxygen atoms in total. The molecule has 1 heterocycles. The first kappa shape index (κ1) is 18.8. The molecule has 0 aliphatic heterocycles. The normalized spacial score (nSPS) is 15.5. The molecule has 1 aliphatic rings. The number of halogens is 3. The van der Waals surface area contributed by atoms with E-state index in [-0.39, 0.29) is 0 Å². The van der Waals surface area contributed by atoms with Gasteiger partial charge in [0.2, 0.25) is 0 Å². The molecule has 0 saturated heterocycles. The number of nitrogens with zero attached hydrogens (tertiary/aromatic N) is 1. The van der Waals surface area contributed by atoms with Crippen LogP contribution in [0.4, 0.5) is 13.2 Å². The molecule has 0 bridgehead atoms. The van der Waals surface area contributed by atoms with Crippen molar-refractivity contribution in [2.75, 3.05) is 0 Å².